The number of nitriles is 1. The van der Waals surface area contributed by atoms with Crippen LogP contribution in [0.2, 0.25) is 0 Å². The highest BCUT2D eigenvalue weighted by molar-refractivity contribution is 7.77. The lowest BCUT2D eigenvalue weighted by atomic mass is 10.0. The van der Waals surface area contributed by atoms with Crippen molar-refractivity contribution in [3.63, 3.8) is 0 Å². The zero-order valence-electron chi connectivity index (χ0n) is 16.4. The van der Waals surface area contributed by atoms with Gasteiger partial charge in [0.1, 0.15) is 16.8 Å². The first-order valence-electron chi connectivity index (χ1n) is 9.49. The van der Waals surface area contributed by atoms with Crippen molar-refractivity contribution < 1.29 is 13.5 Å². The summed E-state index contributed by atoms with van der Waals surface area (Å²) < 4.78 is 35.2. The zero-order valence-corrected chi connectivity index (χ0v) is 18.0. The van der Waals surface area contributed by atoms with Crippen molar-refractivity contribution in [1.29, 1.82) is 5.26 Å². The van der Waals surface area contributed by atoms with Gasteiger partial charge in [-0.05, 0) is 61.5 Å². The summed E-state index contributed by atoms with van der Waals surface area (Å²) in [4.78, 5) is 4.73. The summed E-state index contributed by atoms with van der Waals surface area (Å²) in [5.41, 5.74) is 4.12. The van der Waals surface area contributed by atoms with Gasteiger partial charge in [-0.25, -0.2) is 9.71 Å². The minimum absolute atomic E-state index is 0.0842. The van der Waals surface area contributed by atoms with E-state index < -0.39 is 11.3 Å². The van der Waals surface area contributed by atoms with E-state index in [1.165, 1.54) is 11.5 Å². The molecule has 1 aliphatic rings. The molecule has 1 aromatic heterocycles. The quantitative estimate of drug-likeness (QED) is 0.583. The maximum absolute atomic E-state index is 11.1. The number of para-hydroxylation sites is 1. The lowest BCUT2D eigenvalue weighted by Gasteiger charge is -2.15. The first-order valence-corrected chi connectivity index (χ1v) is 11.3. The Morgan fingerprint density at radius 3 is 2.80 bits per heavy atom. The number of hydrogen-bond acceptors (Lipinski definition) is 7. The molecule has 0 aliphatic heterocycles. The highest BCUT2D eigenvalue weighted by atomic mass is 32.2. The van der Waals surface area contributed by atoms with Gasteiger partial charge in [0.2, 0.25) is 0 Å². The van der Waals surface area contributed by atoms with Crippen molar-refractivity contribution >= 4 is 22.8 Å². The molecule has 4 rings (SSSR count). The highest BCUT2D eigenvalue weighted by Crippen LogP contribution is 2.40. The molecule has 154 valence electrons. The van der Waals surface area contributed by atoms with Gasteiger partial charge in [0.15, 0.2) is 5.82 Å². The molecule has 2 unspecified atom stereocenters. The van der Waals surface area contributed by atoms with Gasteiger partial charge in [-0.3, -0.25) is 4.21 Å². The molecule has 1 aliphatic carbocycles. The minimum Gasteiger partial charge on any atom is -0.760 e. The Hall–Kier alpha value is -2.64. The van der Waals surface area contributed by atoms with Crippen LogP contribution in [0.4, 0.5) is 0 Å². The van der Waals surface area contributed by atoms with Crippen LogP contribution in [0, 0.1) is 11.3 Å². The molecule has 30 heavy (non-hydrogen) atoms. The van der Waals surface area contributed by atoms with Gasteiger partial charge in [-0.1, -0.05) is 24.3 Å². The van der Waals surface area contributed by atoms with Crippen molar-refractivity contribution in [3.05, 3.63) is 53.1 Å². The van der Waals surface area contributed by atoms with Crippen molar-refractivity contribution in [2.24, 2.45) is 0 Å². The molecule has 1 heterocycles. The maximum atomic E-state index is 11.1. The molecule has 9 heteroatoms. The third-order valence-electron chi connectivity index (χ3n) is 4.90. The Morgan fingerprint density at radius 1 is 1.30 bits per heavy atom. The van der Waals surface area contributed by atoms with Crippen molar-refractivity contribution in [2.45, 2.75) is 38.8 Å². The lowest BCUT2D eigenvalue weighted by Crippen LogP contribution is -2.21. The molecule has 0 radical (unpaired) electrons. The second-order valence-electron chi connectivity index (χ2n) is 7.20. The number of hydrogen-bond donors (Lipinski definition) is 1. The van der Waals surface area contributed by atoms with E-state index in [9.17, 15) is 14.0 Å². The normalized spacial score (nSPS) is 16.3. The number of rotatable bonds is 6. The van der Waals surface area contributed by atoms with Crippen LogP contribution >= 0.6 is 11.5 Å². The molecule has 2 aromatic carbocycles. The number of nitrogens with zero attached hydrogens (tertiary/aromatic N) is 3. The summed E-state index contributed by atoms with van der Waals surface area (Å²) >= 11 is -1.07. The van der Waals surface area contributed by atoms with Gasteiger partial charge in [0.05, 0.1) is 17.2 Å². The van der Waals surface area contributed by atoms with E-state index in [-0.39, 0.29) is 12.1 Å². The van der Waals surface area contributed by atoms with Crippen LogP contribution in [0.3, 0.4) is 0 Å². The van der Waals surface area contributed by atoms with E-state index in [2.05, 4.69) is 15.2 Å². The third kappa shape index (κ3) is 4.00. The smallest absolute Gasteiger partial charge is 0.173 e. The number of fused-ring (bicyclic) bond motifs is 1. The standard InChI is InChI=1S/C21H20N4O3S2/c1-12(2)28-19-13(11-22)5-3-8-17(19)21-23-20(24-29-21)16-7-4-6-15-14(16)9-10-18(15)25-30(26)27/h3-8,12,18,25H,9-10H2,1-2H3,(H,26,27)/p-1. The van der Waals surface area contributed by atoms with Crippen LogP contribution in [0.15, 0.2) is 36.4 Å². The van der Waals surface area contributed by atoms with E-state index in [0.29, 0.717) is 28.6 Å². The molecule has 0 saturated heterocycles. The number of nitrogens with one attached hydrogen (secondary N) is 1. The fourth-order valence-electron chi connectivity index (χ4n) is 3.70. The van der Waals surface area contributed by atoms with E-state index in [1.54, 1.807) is 6.07 Å². The van der Waals surface area contributed by atoms with Gasteiger partial charge < -0.3 is 9.29 Å². The first-order chi connectivity index (χ1) is 14.5. The number of benzene rings is 2. The van der Waals surface area contributed by atoms with Crippen LogP contribution in [-0.2, 0) is 17.7 Å². The topological polar surface area (TPSA) is 111 Å². The van der Waals surface area contributed by atoms with Crippen molar-refractivity contribution in [3.8, 4) is 33.8 Å². The second-order valence-corrected chi connectivity index (χ2v) is 8.66. The highest BCUT2D eigenvalue weighted by Gasteiger charge is 2.26. The van der Waals surface area contributed by atoms with Gasteiger partial charge >= 0.3 is 0 Å². The third-order valence-corrected chi connectivity index (χ3v) is 6.12. The number of ether oxygens (including phenoxy) is 1. The molecular weight excluding hydrogens is 420 g/mol. The molecule has 0 bridgehead atoms. The van der Waals surface area contributed by atoms with Crippen LogP contribution in [-0.4, -0.2) is 24.2 Å². The second kappa shape index (κ2) is 8.62. The Kier molecular flexibility index (Phi) is 5.92. The predicted molar refractivity (Wildman–Crippen MR) is 114 cm³/mol. The Morgan fingerprint density at radius 2 is 2.07 bits per heavy atom. The van der Waals surface area contributed by atoms with Crippen LogP contribution < -0.4 is 9.46 Å². The Labute approximate surface area is 181 Å². The fraction of sp³-hybridized carbons (Fsp3) is 0.286. The summed E-state index contributed by atoms with van der Waals surface area (Å²) in [5.74, 6) is 1.10. The van der Waals surface area contributed by atoms with Gasteiger partial charge in [-0.15, -0.1) is 0 Å². The largest absolute Gasteiger partial charge is 0.760 e. The van der Waals surface area contributed by atoms with Crippen LogP contribution in [0.5, 0.6) is 5.75 Å². The SMILES string of the molecule is CC(C)Oc1c(C#N)cccc1-c1nc(-c2cccc3c2CCC3NS(=O)[O-])ns1. The van der Waals surface area contributed by atoms with Gasteiger partial charge in [-0.2, -0.15) is 9.64 Å². The van der Waals surface area contributed by atoms with E-state index in [1.807, 2.05) is 44.2 Å². The predicted octanol–water partition coefficient (Wildman–Crippen LogP) is 3.90. The van der Waals surface area contributed by atoms with Gasteiger partial charge in [0, 0.05) is 22.9 Å². The van der Waals surface area contributed by atoms with E-state index in [0.717, 1.165) is 28.7 Å². The molecule has 7 nitrogen and oxygen atoms in total. The van der Waals surface area contributed by atoms with Crippen molar-refractivity contribution in [1.82, 2.24) is 14.1 Å². The number of aromatic nitrogens is 2. The lowest BCUT2D eigenvalue weighted by molar-refractivity contribution is 0.243. The molecule has 2 atom stereocenters. The summed E-state index contributed by atoms with van der Waals surface area (Å²) in [6.07, 6.45) is 1.37. The molecule has 0 amide bonds. The Bertz CT molecular complexity index is 1150. The van der Waals surface area contributed by atoms with E-state index >= 15 is 0 Å². The molecule has 0 spiro atoms. The summed E-state index contributed by atoms with van der Waals surface area (Å²) in [6.45, 7) is 3.83. The minimum atomic E-state index is -2.32. The Balaban J connectivity index is 1.73. The fourth-order valence-corrected chi connectivity index (χ4v) is 4.88. The van der Waals surface area contributed by atoms with Crippen LogP contribution in [0.1, 0.15) is 43.0 Å². The van der Waals surface area contributed by atoms with Crippen molar-refractivity contribution in [2.75, 3.05) is 0 Å². The monoisotopic (exact) mass is 439 g/mol. The molecule has 3 aromatic rings. The van der Waals surface area contributed by atoms with E-state index in [4.69, 9.17) is 9.72 Å². The summed E-state index contributed by atoms with van der Waals surface area (Å²) in [7, 11) is 0. The molecule has 0 saturated carbocycles. The molecule has 0 fully saturated rings. The summed E-state index contributed by atoms with van der Waals surface area (Å²) in [6, 6.07) is 13.1. The molecule has 1 N–H and O–H groups in total. The maximum Gasteiger partial charge on any atom is 0.173 e. The van der Waals surface area contributed by atoms with Crippen LogP contribution in [0.25, 0.3) is 22.0 Å². The average Bonchev–Trinajstić information content (AvgIpc) is 3.35. The summed E-state index contributed by atoms with van der Waals surface area (Å²) in [5, 5.41) is 10.1. The molecular formula is C21H19N4O3S2-. The van der Waals surface area contributed by atoms with Gasteiger partial charge in [0.25, 0.3) is 0 Å². The first kappa shape index (κ1) is 20.6. The average molecular weight is 440 g/mol. The zero-order chi connectivity index (χ0) is 21.3.